The summed E-state index contributed by atoms with van der Waals surface area (Å²) in [4.78, 5) is 25.0. The maximum absolute atomic E-state index is 12.1. The molecular formula is C21H22N2O3S. The van der Waals surface area contributed by atoms with Gasteiger partial charge in [0.2, 0.25) is 0 Å². The maximum atomic E-state index is 12.1. The topological polar surface area (TPSA) is 79.2 Å². The van der Waals surface area contributed by atoms with Crippen LogP contribution in [0.2, 0.25) is 0 Å². The Morgan fingerprint density at radius 1 is 1.15 bits per heavy atom. The highest BCUT2D eigenvalue weighted by molar-refractivity contribution is 7.99. The van der Waals surface area contributed by atoms with E-state index in [1.807, 2.05) is 24.3 Å². The number of hydrogen-bond donors (Lipinski definition) is 1. The molecule has 0 heterocycles. The van der Waals surface area contributed by atoms with E-state index in [-0.39, 0.29) is 12.4 Å². The fraction of sp³-hybridized carbons (Fsp3) is 0.286. The lowest BCUT2D eigenvalue weighted by atomic mass is 10.0. The predicted molar refractivity (Wildman–Crippen MR) is 107 cm³/mol. The molecule has 0 saturated carbocycles. The highest BCUT2D eigenvalue weighted by Crippen LogP contribution is 2.26. The third-order valence-corrected chi connectivity index (χ3v) is 4.56. The molecule has 2 rings (SSSR count). The van der Waals surface area contributed by atoms with E-state index in [9.17, 15) is 9.59 Å². The number of nitriles is 1. The second-order valence-corrected chi connectivity index (χ2v) is 7.38. The van der Waals surface area contributed by atoms with Crippen molar-refractivity contribution in [2.45, 2.75) is 25.2 Å². The summed E-state index contributed by atoms with van der Waals surface area (Å²) in [5.41, 5.74) is 2.17. The van der Waals surface area contributed by atoms with Gasteiger partial charge < -0.3 is 10.1 Å². The van der Waals surface area contributed by atoms with E-state index >= 15 is 0 Å². The van der Waals surface area contributed by atoms with E-state index in [4.69, 9.17) is 10.00 Å². The van der Waals surface area contributed by atoms with Gasteiger partial charge in [0.15, 0.2) is 6.61 Å². The molecule has 140 valence electrons. The number of ether oxygens (including phenoxy) is 1. The number of carbonyl (C=O) groups excluding carboxylic acids is 2. The largest absolute Gasteiger partial charge is 0.452 e. The van der Waals surface area contributed by atoms with Crippen LogP contribution in [0.5, 0.6) is 0 Å². The Balaban J connectivity index is 1.88. The molecule has 2 aromatic rings. The number of para-hydroxylation sites is 1. The minimum absolute atomic E-state index is 0.286. The van der Waals surface area contributed by atoms with Crippen molar-refractivity contribution in [1.82, 2.24) is 0 Å². The molecule has 0 bridgehead atoms. The first-order chi connectivity index (χ1) is 13.0. The van der Waals surface area contributed by atoms with Gasteiger partial charge in [-0.3, -0.25) is 4.79 Å². The summed E-state index contributed by atoms with van der Waals surface area (Å²) in [5, 5.41) is 11.4. The minimum atomic E-state index is -0.534. The van der Waals surface area contributed by atoms with E-state index in [1.54, 1.807) is 24.3 Å². The van der Waals surface area contributed by atoms with Crippen molar-refractivity contribution in [3.05, 3.63) is 59.7 Å². The first-order valence-corrected chi connectivity index (χ1v) is 9.63. The summed E-state index contributed by atoms with van der Waals surface area (Å²) in [6.07, 6.45) is 0.945. The third-order valence-electron chi connectivity index (χ3n) is 3.62. The van der Waals surface area contributed by atoms with Crippen LogP contribution in [0.15, 0.2) is 53.4 Å². The number of thioether (sulfide) groups is 1. The summed E-state index contributed by atoms with van der Waals surface area (Å²) in [5.74, 6) is -0.131. The zero-order valence-corrected chi connectivity index (χ0v) is 16.2. The minimum Gasteiger partial charge on any atom is -0.452 e. The Hall–Kier alpha value is -2.78. The second kappa shape index (κ2) is 10.4. The van der Waals surface area contributed by atoms with Crippen molar-refractivity contribution in [3.63, 3.8) is 0 Å². The molecule has 6 heteroatoms. The number of hydrogen-bond acceptors (Lipinski definition) is 5. The highest BCUT2D eigenvalue weighted by atomic mass is 32.2. The molecule has 27 heavy (non-hydrogen) atoms. The zero-order valence-electron chi connectivity index (χ0n) is 15.4. The Labute approximate surface area is 163 Å². The van der Waals surface area contributed by atoms with Gasteiger partial charge in [0.1, 0.15) is 0 Å². The van der Waals surface area contributed by atoms with Crippen LogP contribution in [0.4, 0.5) is 5.69 Å². The molecule has 0 aliphatic rings. The SMILES string of the molecule is CC(C)Cc1ccc(C(=O)OCC(=O)Nc2ccccc2SCC#N)cc1. The second-order valence-electron chi connectivity index (χ2n) is 6.36. The molecule has 0 fully saturated rings. The van der Waals surface area contributed by atoms with Crippen molar-refractivity contribution in [2.75, 3.05) is 17.7 Å². The van der Waals surface area contributed by atoms with Crippen LogP contribution in [-0.4, -0.2) is 24.2 Å². The van der Waals surface area contributed by atoms with E-state index in [0.29, 0.717) is 17.2 Å². The number of nitrogens with one attached hydrogen (secondary N) is 1. The highest BCUT2D eigenvalue weighted by Gasteiger charge is 2.12. The van der Waals surface area contributed by atoms with Gasteiger partial charge in [0, 0.05) is 4.90 Å². The Kier molecular flexibility index (Phi) is 7.90. The molecule has 1 N–H and O–H groups in total. The Bertz CT molecular complexity index is 826. The predicted octanol–water partition coefficient (Wildman–Crippen LogP) is 4.30. The van der Waals surface area contributed by atoms with Crippen molar-refractivity contribution >= 4 is 29.3 Å². The van der Waals surface area contributed by atoms with E-state index < -0.39 is 11.9 Å². The molecule has 1 amide bonds. The molecule has 5 nitrogen and oxygen atoms in total. The van der Waals surface area contributed by atoms with Gasteiger partial charge in [0.05, 0.1) is 23.1 Å². The lowest BCUT2D eigenvalue weighted by Gasteiger charge is -2.10. The standard InChI is InChI=1S/C21H22N2O3S/c1-15(2)13-16-7-9-17(10-8-16)21(25)26-14-20(24)23-18-5-3-4-6-19(18)27-12-11-22/h3-10,15H,12-14H2,1-2H3,(H,23,24). The summed E-state index contributed by atoms with van der Waals surface area (Å²) >= 11 is 1.33. The normalized spacial score (nSPS) is 10.3. The van der Waals surface area contributed by atoms with Gasteiger partial charge in [-0.1, -0.05) is 38.1 Å². The van der Waals surface area contributed by atoms with E-state index in [1.165, 1.54) is 11.8 Å². The molecule has 0 aliphatic heterocycles. The van der Waals surface area contributed by atoms with Gasteiger partial charge in [0.25, 0.3) is 5.91 Å². The van der Waals surface area contributed by atoms with Crippen LogP contribution in [0.3, 0.4) is 0 Å². The molecule has 0 atom stereocenters. The third kappa shape index (κ3) is 6.80. The van der Waals surface area contributed by atoms with Crippen LogP contribution >= 0.6 is 11.8 Å². The fourth-order valence-corrected chi connectivity index (χ4v) is 3.12. The van der Waals surface area contributed by atoms with Gasteiger partial charge >= 0.3 is 5.97 Å². The summed E-state index contributed by atoms with van der Waals surface area (Å²) in [6, 6.07) is 16.5. The molecule has 0 radical (unpaired) electrons. The Morgan fingerprint density at radius 2 is 1.85 bits per heavy atom. The maximum Gasteiger partial charge on any atom is 0.338 e. The van der Waals surface area contributed by atoms with Crippen molar-refractivity contribution in [3.8, 4) is 6.07 Å². The zero-order chi connectivity index (χ0) is 19.6. The quantitative estimate of drug-likeness (QED) is 0.544. The smallest absolute Gasteiger partial charge is 0.338 e. The monoisotopic (exact) mass is 382 g/mol. The number of amides is 1. The average Bonchev–Trinajstić information content (AvgIpc) is 2.65. The van der Waals surface area contributed by atoms with Gasteiger partial charge in [-0.2, -0.15) is 5.26 Å². The summed E-state index contributed by atoms with van der Waals surface area (Å²) in [6.45, 7) is 3.90. The van der Waals surface area contributed by atoms with Crippen LogP contribution in [0.1, 0.15) is 29.8 Å². The number of esters is 1. The number of rotatable bonds is 8. The molecule has 0 aliphatic carbocycles. The number of nitrogens with zero attached hydrogens (tertiary/aromatic N) is 1. The van der Waals surface area contributed by atoms with Crippen LogP contribution in [0.25, 0.3) is 0 Å². The van der Waals surface area contributed by atoms with Crippen molar-refractivity contribution in [2.24, 2.45) is 5.92 Å². The van der Waals surface area contributed by atoms with Crippen LogP contribution in [-0.2, 0) is 16.0 Å². The first kappa shape index (κ1) is 20.5. The molecule has 0 aromatic heterocycles. The number of carbonyl (C=O) groups is 2. The van der Waals surface area contributed by atoms with Gasteiger partial charge in [-0.15, -0.1) is 11.8 Å². The van der Waals surface area contributed by atoms with Crippen molar-refractivity contribution < 1.29 is 14.3 Å². The summed E-state index contributed by atoms with van der Waals surface area (Å²) in [7, 11) is 0. The fourth-order valence-electron chi connectivity index (χ4n) is 2.45. The van der Waals surface area contributed by atoms with Crippen LogP contribution in [0, 0.1) is 17.2 Å². The average molecular weight is 382 g/mol. The number of benzene rings is 2. The lowest BCUT2D eigenvalue weighted by Crippen LogP contribution is -2.21. The first-order valence-electron chi connectivity index (χ1n) is 8.64. The van der Waals surface area contributed by atoms with E-state index in [0.717, 1.165) is 16.9 Å². The molecular weight excluding hydrogens is 360 g/mol. The van der Waals surface area contributed by atoms with E-state index in [2.05, 4.69) is 25.2 Å². The molecule has 0 spiro atoms. The van der Waals surface area contributed by atoms with Gasteiger partial charge in [-0.25, -0.2) is 4.79 Å². The van der Waals surface area contributed by atoms with Crippen LogP contribution < -0.4 is 5.32 Å². The molecule has 2 aromatic carbocycles. The summed E-state index contributed by atoms with van der Waals surface area (Å²) < 4.78 is 5.09. The number of anilines is 1. The van der Waals surface area contributed by atoms with Crippen molar-refractivity contribution in [1.29, 1.82) is 5.26 Å². The Morgan fingerprint density at radius 3 is 2.52 bits per heavy atom. The molecule has 0 unspecified atom stereocenters. The molecule has 0 saturated heterocycles. The lowest BCUT2D eigenvalue weighted by molar-refractivity contribution is -0.119. The van der Waals surface area contributed by atoms with Gasteiger partial charge in [-0.05, 0) is 42.2 Å².